The van der Waals surface area contributed by atoms with Crippen LogP contribution in [0.4, 0.5) is 5.69 Å². The molecule has 1 aromatic carbocycles. The third-order valence-corrected chi connectivity index (χ3v) is 4.77. The highest BCUT2D eigenvalue weighted by Crippen LogP contribution is 2.28. The lowest BCUT2D eigenvalue weighted by Crippen LogP contribution is -2.61. The van der Waals surface area contributed by atoms with Gasteiger partial charge < -0.3 is 19.1 Å². The summed E-state index contributed by atoms with van der Waals surface area (Å²) in [5.74, 6) is 1.40. The molecular weight excluding hydrogens is 394 g/mol. The topological polar surface area (TPSA) is 94.8 Å². The molecule has 1 fully saturated rings. The second-order valence-electron chi connectivity index (χ2n) is 6.68. The van der Waals surface area contributed by atoms with E-state index in [1.807, 2.05) is 30.0 Å². The number of aromatic nitrogens is 1. The highest BCUT2D eigenvalue weighted by atomic mass is 35.5. The molecule has 0 bridgehead atoms. The van der Waals surface area contributed by atoms with E-state index in [0.29, 0.717) is 35.4 Å². The first-order valence-electron chi connectivity index (χ1n) is 9.05. The Morgan fingerprint density at radius 1 is 1.24 bits per heavy atom. The largest absolute Gasteiger partial charge is 0.485 e. The van der Waals surface area contributed by atoms with Crippen molar-refractivity contribution in [3.8, 4) is 11.6 Å². The molecule has 1 aromatic heterocycles. The van der Waals surface area contributed by atoms with Gasteiger partial charge in [-0.1, -0.05) is 17.7 Å². The van der Waals surface area contributed by atoms with Crippen LogP contribution in [0.15, 0.2) is 36.5 Å². The molecule has 29 heavy (non-hydrogen) atoms. The minimum absolute atomic E-state index is 0.0706. The van der Waals surface area contributed by atoms with E-state index in [0.717, 1.165) is 5.56 Å². The number of amidine groups is 1. The first-order valence-corrected chi connectivity index (χ1v) is 9.43. The number of rotatable bonds is 6. The second-order valence-corrected chi connectivity index (χ2v) is 7.08. The van der Waals surface area contributed by atoms with Crippen LogP contribution in [-0.2, 0) is 4.74 Å². The summed E-state index contributed by atoms with van der Waals surface area (Å²) < 4.78 is 16.1. The number of benzene rings is 1. The molecule has 0 unspecified atom stereocenters. The quantitative estimate of drug-likeness (QED) is 0.553. The van der Waals surface area contributed by atoms with Gasteiger partial charge in [-0.25, -0.2) is 4.98 Å². The number of anilines is 1. The molecule has 1 aliphatic heterocycles. The molecule has 2 aromatic rings. The maximum atomic E-state index is 8.60. The summed E-state index contributed by atoms with van der Waals surface area (Å²) in [6.07, 6.45) is 1.49. The molecule has 0 saturated carbocycles. The van der Waals surface area contributed by atoms with Gasteiger partial charge >= 0.3 is 0 Å². The summed E-state index contributed by atoms with van der Waals surface area (Å²) in [5.41, 5.74) is 1.66. The average molecular weight is 418 g/mol. The molecule has 0 amide bonds. The van der Waals surface area contributed by atoms with Crippen molar-refractivity contribution in [3.63, 3.8) is 0 Å². The Morgan fingerprint density at radius 3 is 2.59 bits per heavy atom. The van der Waals surface area contributed by atoms with Crippen LogP contribution in [0.3, 0.4) is 0 Å². The lowest BCUT2D eigenvalue weighted by atomic mass is 10.1. The first-order chi connectivity index (χ1) is 13.9. The van der Waals surface area contributed by atoms with Crippen molar-refractivity contribution < 1.29 is 14.2 Å². The van der Waals surface area contributed by atoms with E-state index >= 15 is 0 Å². The molecule has 1 aliphatic rings. The molecule has 154 valence electrons. The van der Waals surface area contributed by atoms with E-state index in [4.69, 9.17) is 36.6 Å². The standard InChI is InChI=1S/C20H24ClN5O3/c1-13-4-6-17(16(21)8-13)29-15-10-25(11-15)20(23)26(18(22)12-27-2)14-5-7-19(28-3)24-9-14/h4-9,15,22-23H,10-12H2,1-3H3. The van der Waals surface area contributed by atoms with Gasteiger partial charge in [0.25, 0.3) is 0 Å². The van der Waals surface area contributed by atoms with Crippen LogP contribution in [0.5, 0.6) is 11.6 Å². The van der Waals surface area contributed by atoms with Crippen LogP contribution in [0.25, 0.3) is 0 Å². The number of methoxy groups -OCH3 is 2. The van der Waals surface area contributed by atoms with Crippen molar-refractivity contribution in [2.45, 2.75) is 13.0 Å². The highest BCUT2D eigenvalue weighted by Gasteiger charge is 2.34. The van der Waals surface area contributed by atoms with Crippen LogP contribution in [0.2, 0.25) is 5.02 Å². The van der Waals surface area contributed by atoms with E-state index in [1.54, 1.807) is 18.3 Å². The highest BCUT2D eigenvalue weighted by molar-refractivity contribution is 6.32. The van der Waals surface area contributed by atoms with Crippen molar-refractivity contribution in [1.82, 2.24) is 9.88 Å². The number of hydrogen-bond donors (Lipinski definition) is 2. The van der Waals surface area contributed by atoms with Gasteiger partial charge in [0.2, 0.25) is 11.8 Å². The van der Waals surface area contributed by atoms with Crippen molar-refractivity contribution in [1.29, 1.82) is 10.8 Å². The zero-order valence-corrected chi connectivity index (χ0v) is 17.4. The van der Waals surface area contributed by atoms with Crippen LogP contribution >= 0.6 is 11.6 Å². The number of pyridine rings is 1. The minimum atomic E-state index is -0.0805. The number of likely N-dealkylation sites (tertiary alicyclic amines) is 1. The van der Waals surface area contributed by atoms with E-state index in [-0.39, 0.29) is 24.5 Å². The summed E-state index contributed by atoms with van der Waals surface area (Å²) in [4.78, 5) is 7.49. The van der Waals surface area contributed by atoms with Gasteiger partial charge in [0.1, 0.15) is 24.3 Å². The van der Waals surface area contributed by atoms with E-state index in [9.17, 15) is 0 Å². The normalized spacial score (nSPS) is 13.6. The number of guanidine groups is 1. The molecule has 0 radical (unpaired) electrons. The first kappa shape index (κ1) is 20.9. The Labute approximate surface area is 175 Å². The molecule has 3 rings (SSSR count). The van der Waals surface area contributed by atoms with Crippen molar-refractivity contribution in [3.05, 3.63) is 47.1 Å². The fraction of sp³-hybridized carbons (Fsp3) is 0.350. The Hall–Kier alpha value is -2.84. The van der Waals surface area contributed by atoms with Crippen molar-refractivity contribution >= 4 is 29.1 Å². The molecule has 0 atom stereocenters. The van der Waals surface area contributed by atoms with Gasteiger partial charge in [0.05, 0.1) is 37.1 Å². The Balaban J connectivity index is 1.68. The zero-order valence-electron chi connectivity index (χ0n) is 16.6. The van der Waals surface area contributed by atoms with Gasteiger partial charge in [-0.15, -0.1) is 0 Å². The Kier molecular flexibility index (Phi) is 6.56. The van der Waals surface area contributed by atoms with Gasteiger partial charge in [-0.05, 0) is 30.7 Å². The summed E-state index contributed by atoms with van der Waals surface area (Å²) in [6.45, 7) is 3.08. The molecular formula is C20H24ClN5O3. The van der Waals surface area contributed by atoms with Crippen LogP contribution < -0.4 is 14.4 Å². The average Bonchev–Trinajstić information content (AvgIpc) is 2.66. The monoisotopic (exact) mass is 417 g/mol. The number of nitrogens with zero attached hydrogens (tertiary/aromatic N) is 3. The van der Waals surface area contributed by atoms with E-state index < -0.39 is 0 Å². The molecule has 0 spiro atoms. The predicted molar refractivity (Wildman–Crippen MR) is 113 cm³/mol. The van der Waals surface area contributed by atoms with Crippen LogP contribution in [0, 0.1) is 17.7 Å². The lowest BCUT2D eigenvalue weighted by Gasteiger charge is -2.43. The van der Waals surface area contributed by atoms with Gasteiger partial charge in [-0.3, -0.25) is 15.7 Å². The predicted octanol–water partition coefficient (Wildman–Crippen LogP) is 3.18. The van der Waals surface area contributed by atoms with E-state index in [1.165, 1.54) is 19.1 Å². The molecule has 1 saturated heterocycles. The number of nitrogens with one attached hydrogen (secondary N) is 2. The fourth-order valence-corrected chi connectivity index (χ4v) is 3.22. The minimum Gasteiger partial charge on any atom is -0.485 e. The number of ether oxygens (including phenoxy) is 3. The van der Waals surface area contributed by atoms with Crippen LogP contribution in [-0.4, -0.2) is 61.7 Å². The molecule has 9 heteroatoms. The molecule has 8 nitrogen and oxygen atoms in total. The third-order valence-electron chi connectivity index (χ3n) is 4.48. The summed E-state index contributed by atoms with van der Waals surface area (Å²) >= 11 is 6.24. The van der Waals surface area contributed by atoms with Gasteiger partial charge in [-0.2, -0.15) is 0 Å². The van der Waals surface area contributed by atoms with E-state index in [2.05, 4.69) is 4.98 Å². The summed E-state index contributed by atoms with van der Waals surface area (Å²) in [5, 5.41) is 17.5. The Morgan fingerprint density at radius 2 is 2.00 bits per heavy atom. The smallest absolute Gasteiger partial charge is 0.213 e. The summed E-state index contributed by atoms with van der Waals surface area (Å²) in [7, 11) is 3.05. The zero-order chi connectivity index (χ0) is 21.0. The lowest BCUT2D eigenvalue weighted by molar-refractivity contribution is 0.0664. The van der Waals surface area contributed by atoms with Gasteiger partial charge in [0.15, 0.2) is 0 Å². The second kappa shape index (κ2) is 9.11. The number of aryl methyl sites for hydroxylation is 1. The van der Waals surface area contributed by atoms with Crippen molar-refractivity contribution in [2.24, 2.45) is 0 Å². The maximum Gasteiger partial charge on any atom is 0.213 e. The summed E-state index contributed by atoms with van der Waals surface area (Å²) in [6, 6.07) is 9.11. The van der Waals surface area contributed by atoms with Gasteiger partial charge in [0, 0.05) is 13.2 Å². The molecule has 2 N–H and O–H groups in total. The SMILES string of the molecule is COCC(=N)N(C(=N)N1CC(Oc2ccc(C)cc2Cl)C1)c1ccc(OC)nc1. The Bertz CT molecular complexity index is 884. The fourth-order valence-electron chi connectivity index (χ4n) is 2.94. The maximum absolute atomic E-state index is 8.60. The van der Waals surface area contributed by atoms with Crippen molar-refractivity contribution in [2.75, 3.05) is 38.8 Å². The number of halogens is 1. The third kappa shape index (κ3) is 4.78. The molecule has 2 heterocycles. The van der Waals surface area contributed by atoms with Crippen LogP contribution in [0.1, 0.15) is 5.56 Å². The molecule has 0 aliphatic carbocycles. The number of hydrogen-bond acceptors (Lipinski definition) is 6.